The molecule has 120 valence electrons. The first-order valence-corrected chi connectivity index (χ1v) is 10.3. The van der Waals surface area contributed by atoms with Crippen molar-refractivity contribution >= 4 is 25.5 Å². The number of anilines is 1. The molecule has 0 heterocycles. The maximum absolute atomic E-state index is 12.2. The number of rotatable bonds is 9. The van der Waals surface area contributed by atoms with E-state index in [0.717, 1.165) is 12.7 Å². The molecule has 0 aliphatic rings. The zero-order valence-electron chi connectivity index (χ0n) is 12.3. The Balaban J connectivity index is 2.74. The summed E-state index contributed by atoms with van der Waals surface area (Å²) in [6.45, 7) is 2.77. The van der Waals surface area contributed by atoms with E-state index in [0.29, 0.717) is 12.2 Å². The molecule has 8 heteroatoms. The van der Waals surface area contributed by atoms with Crippen LogP contribution in [0.25, 0.3) is 0 Å². The Hall–Kier alpha value is -1.12. The molecule has 0 aliphatic carbocycles. The van der Waals surface area contributed by atoms with Gasteiger partial charge in [0.2, 0.25) is 10.0 Å². The summed E-state index contributed by atoms with van der Waals surface area (Å²) in [4.78, 5) is 0.179. The number of nitrogens with one attached hydrogen (secondary N) is 2. The molecule has 21 heavy (non-hydrogen) atoms. The molecule has 0 spiro atoms. The molecule has 2 N–H and O–H groups in total. The molecule has 6 nitrogen and oxygen atoms in total. The Morgan fingerprint density at radius 1 is 1.05 bits per heavy atom. The number of sulfonamides is 1. The standard InChI is InChI=1S/C13H22N2O4S2/c1-3-9-14-12-7-4-5-8-13(12)21(18,19)15-10-6-11-20(2,16)17/h4-5,7-8,14-15H,3,6,9-11H2,1-2H3. The molecular weight excluding hydrogens is 312 g/mol. The molecule has 0 radical (unpaired) electrons. The fourth-order valence-electron chi connectivity index (χ4n) is 1.73. The van der Waals surface area contributed by atoms with E-state index in [1.54, 1.807) is 18.2 Å². The van der Waals surface area contributed by atoms with Crippen molar-refractivity contribution in [2.45, 2.75) is 24.7 Å². The van der Waals surface area contributed by atoms with Gasteiger partial charge in [0.05, 0.1) is 11.4 Å². The molecule has 1 rings (SSSR count). The highest BCUT2D eigenvalue weighted by atomic mass is 32.2. The fraction of sp³-hybridized carbons (Fsp3) is 0.538. The minimum atomic E-state index is -3.65. The summed E-state index contributed by atoms with van der Waals surface area (Å²) in [6, 6.07) is 6.65. The number of para-hydroxylation sites is 1. The van der Waals surface area contributed by atoms with E-state index in [2.05, 4.69) is 10.0 Å². The van der Waals surface area contributed by atoms with Crippen LogP contribution in [-0.2, 0) is 19.9 Å². The van der Waals surface area contributed by atoms with Crippen LogP contribution in [0.5, 0.6) is 0 Å². The van der Waals surface area contributed by atoms with E-state index >= 15 is 0 Å². The Morgan fingerprint density at radius 2 is 1.71 bits per heavy atom. The monoisotopic (exact) mass is 334 g/mol. The highest BCUT2D eigenvalue weighted by Gasteiger charge is 2.17. The van der Waals surface area contributed by atoms with Gasteiger partial charge in [0.1, 0.15) is 14.7 Å². The van der Waals surface area contributed by atoms with Crippen molar-refractivity contribution in [1.29, 1.82) is 0 Å². The third kappa shape index (κ3) is 6.45. The molecule has 0 amide bonds. The third-order valence-electron chi connectivity index (χ3n) is 2.73. The summed E-state index contributed by atoms with van der Waals surface area (Å²) in [7, 11) is -6.72. The quantitative estimate of drug-likeness (QED) is 0.663. The summed E-state index contributed by atoms with van der Waals surface area (Å²) in [6.07, 6.45) is 2.27. The molecule has 0 fully saturated rings. The topological polar surface area (TPSA) is 92.3 Å². The van der Waals surface area contributed by atoms with Crippen LogP contribution in [0.4, 0.5) is 5.69 Å². The van der Waals surface area contributed by atoms with E-state index in [4.69, 9.17) is 0 Å². The molecule has 1 aromatic rings. The van der Waals surface area contributed by atoms with E-state index in [-0.39, 0.29) is 23.6 Å². The van der Waals surface area contributed by atoms with Gasteiger partial charge in [0.25, 0.3) is 0 Å². The van der Waals surface area contributed by atoms with Gasteiger partial charge in [-0.1, -0.05) is 19.1 Å². The molecule has 0 saturated heterocycles. The smallest absolute Gasteiger partial charge is 0.242 e. The maximum Gasteiger partial charge on any atom is 0.242 e. The average Bonchev–Trinajstić information content (AvgIpc) is 2.41. The number of sulfone groups is 1. The first-order valence-electron chi connectivity index (χ1n) is 6.76. The minimum absolute atomic E-state index is 0.0365. The van der Waals surface area contributed by atoms with Crippen molar-refractivity contribution in [3.05, 3.63) is 24.3 Å². The van der Waals surface area contributed by atoms with Gasteiger partial charge >= 0.3 is 0 Å². The molecule has 1 aromatic carbocycles. The Kier molecular flexibility index (Phi) is 6.63. The Morgan fingerprint density at radius 3 is 2.33 bits per heavy atom. The van der Waals surface area contributed by atoms with Gasteiger partial charge in [-0.05, 0) is 25.0 Å². The second-order valence-electron chi connectivity index (χ2n) is 4.80. The summed E-state index contributed by atoms with van der Waals surface area (Å²) < 4.78 is 48.9. The van der Waals surface area contributed by atoms with E-state index in [1.807, 2.05) is 6.92 Å². The number of benzene rings is 1. The summed E-state index contributed by atoms with van der Waals surface area (Å²) in [5.74, 6) is -0.0365. The molecular formula is C13H22N2O4S2. The molecule has 0 saturated carbocycles. The Labute approximate surface area is 126 Å². The molecule has 0 aliphatic heterocycles. The Bertz CT molecular complexity index is 655. The first kappa shape index (κ1) is 17.9. The highest BCUT2D eigenvalue weighted by Crippen LogP contribution is 2.20. The molecule has 0 unspecified atom stereocenters. The minimum Gasteiger partial charge on any atom is -0.384 e. The van der Waals surface area contributed by atoms with Crippen LogP contribution in [-0.4, -0.2) is 41.9 Å². The summed E-state index contributed by atoms with van der Waals surface area (Å²) in [5, 5.41) is 3.07. The zero-order valence-corrected chi connectivity index (χ0v) is 13.9. The van der Waals surface area contributed by atoms with Crippen molar-refractivity contribution in [3.63, 3.8) is 0 Å². The van der Waals surface area contributed by atoms with E-state index in [9.17, 15) is 16.8 Å². The lowest BCUT2D eigenvalue weighted by Crippen LogP contribution is -2.27. The van der Waals surface area contributed by atoms with Gasteiger partial charge in [-0.25, -0.2) is 21.6 Å². The number of hydrogen-bond acceptors (Lipinski definition) is 5. The first-order chi connectivity index (χ1) is 9.76. The van der Waals surface area contributed by atoms with Crippen molar-refractivity contribution in [2.75, 3.05) is 30.4 Å². The van der Waals surface area contributed by atoms with Crippen LogP contribution in [0.15, 0.2) is 29.2 Å². The van der Waals surface area contributed by atoms with Gasteiger partial charge in [-0.15, -0.1) is 0 Å². The second kappa shape index (κ2) is 7.77. The summed E-state index contributed by atoms with van der Waals surface area (Å²) in [5.41, 5.74) is 0.551. The van der Waals surface area contributed by atoms with Crippen molar-refractivity contribution in [2.24, 2.45) is 0 Å². The van der Waals surface area contributed by atoms with Crippen LogP contribution in [0.2, 0.25) is 0 Å². The van der Waals surface area contributed by atoms with Crippen LogP contribution in [0, 0.1) is 0 Å². The second-order valence-corrected chi connectivity index (χ2v) is 8.80. The normalized spacial score (nSPS) is 12.3. The predicted molar refractivity (Wildman–Crippen MR) is 84.7 cm³/mol. The van der Waals surface area contributed by atoms with Gasteiger partial charge in [0.15, 0.2) is 0 Å². The maximum atomic E-state index is 12.2. The van der Waals surface area contributed by atoms with Gasteiger partial charge in [0, 0.05) is 19.3 Å². The lowest BCUT2D eigenvalue weighted by molar-refractivity contribution is 0.577. The van der Waals surface area contributed by atoms with E-state index < -0.39 is 19.9 Å². The van der Waals surface area contributed by atoms with Crippen LogP contribution < -0.4 is 10.0 Å². The van der Waals surface area contributed by atoms with Crippen LogP contribution in [0.3, 0.4) is 0 Å². The number of hydrogen-bond donors (Lipinski definition) is 2. The SMILES string of the molecule is CCCNc1ccccc1S(=O)(=O)NCCCS(C)(=O)=O. The largest absolute Gasteiger partial charge is 0.384 e. The summed E-state index contributed by atoms with van der Waals surface area (Å²) >= 11 is 0. The molecule has 0 aromatic heterocycles. The molecule has 0 bridgehead atoms. The lowest BCUT2D eigenvalue weighted by atomic mass is 10.3. The van der Waals surface area contributed by atoms with Crippen molar-refractivity contribution < 1.29 is 16.8 Å². The van der Waals surface area contributed by atoms with Crippen molar-refractivity contribution in [3.8, 4) is 0 Å². The van der Waals surface area contributed by atoms with Gasteiger partial charge in [-0.3, -0.25) is 0 Å². The fourth-order valence-corrected chi connectivity index (χ4v) is 3.65. The van der Waals surface area contributed by atoms with Crippen molar-refractivity contribution in [1.82, 2.24) is 4.72 Å². The van der Waals surface area contributed by atoms with Crippen LogP contribution in [0.1, 0.15) is 19.8 Å². The molecule has 0 atom stereocenters. The van der Waals surface area contributed by atoms with Gasteiger partial charge in [-0.2, -0.15) is 0 Å². The zero-order chi connectivity index (χ0) is 15.9. The highest BCUT2D eigenvalue weighted by molar-refractivity contribution is 7.90. The predicted octanol–water partition coefficient (Wildman–Crippen LogP) is 1.22. The lowest BCUT2D eigenvalue weighted by Gasteiger charge is -2.12. The van der Waals surface area contributed by atoms with E-state index in [1.165, 1.54) is 6.07 Å². The third-order valence-corrected chi connectivity index (χ3v) is 5.28. The van der Waals surface area contributed by atoms with Gasteiger partial charge < -0.3 is 5.32 Å². The average molecular weight is 334 g/mol. The van der Waals surface area contributed by atoms with Crippen LogP contribution >= 0.6 is 0 Å².